The molecule has 0 N–H and O–H groups in total. The molecule has 22 heavy (non-hydrogen) atoms. The average molecular weight is 344 g/mol. The number of rotatable bonds is 5. The Morgan fingerprint density at radius 3 is 2.73 bits per heavy atom. The van der Waals surface area contributed by atoms with Crippen molar-refractivity contribution in [2.24, 2.45) is 13.0 Å². The minimum atomic E-state index is -3.74. The SMILES string of the molecule is CC1CC1c1ccc(CN(C)S(=O)(=O)c2ncn(C)c2Cl)o1. The van der Waals surface area contributed by atoms with Gasteiger partial charge in [-0.25, -0.2) is 13.4 Å². The van der Waals surface area contributed by atoms with E-state index < -0.39 is 10.0 Å². The van der Waals surface area contributed by atoms with Crippen molar-refractivity contribution in [2.45, 2.75) is 30.8 Å². The summed E-state index contributed by atoms with van der Waals surface area (Å²) in [7, 11) is -0.613. The van der Waals surface area contributed by atoms with Crippen molar-refractivity contribution in [3.05, 3.63) is 35.1 Å². The first kappa shape index (κ1) is 15.6. The third-order valence-corrected chi connectivity index (χ3v) is 6.32. The molecular weight excluding hydrogens is 326 g/mol. The van der Waals surface area contributed by atoms with Gasteiger partial charge >= 0.3 is 0 Å². The van der Waals surface area contributed by atoms with Crippen molar-refractivity contribution < 1.29 is 12.8 Å². The predicted octanol–water partition coefficient (Wildman–Crippen LogP) is 2.61. The van der Waals surface area contributed by atoms with Crippen molar-refractivity contribution in [1.82, 2.24) is 13.9 Å². The molecule has 1 fully saturated rings. The monoisotopic (exact) mass is 343 g/mol. The molecule has 0 bridgehead atoms. The summed E-state index contributed by atoms with van der Waals surface area (Å²) in [6.45, 7) is 2.32. The molecule has 1 saturated carbocycles. The van der Waals surface area contributed by atoms with Crippen LogP contribution in [0, 0.1) is 5.92 Å². The van der Waals surface area contributed by atoms with E-state index in [1.54, 1.807) is 7.05 Å². The molecule has 1 aliphatic rings. The maximum absolute atomic E-state index is 12.5. The number of nitrogens with zero attached hydrogens (tertiary/aromatic N) is 3. The van der Waals surface area contributed by atoms with Gasteiger partial charge in [0.05, 0.1) is 12.9 Å². The van der Waals surface area contributed by atoms with Crippen LogP contribution in [0.1, 0.15) is 30.8 Å². The summed E-state index contributed by atoms with van der Waals surface area (Å²) in [6.07, 6.45) is 2.51. The minimum Gasteiger partial charge on any atom is -0.464 e. The lowest BCUT2D eigenvalue weighted by atomic mass is 10.3. The van der Waals surface area contributed by atoms with Crippen molar-refractivity contribution in [2.75, 3.05) is 7.05 Å². The highest BCUT2D eigenvalue weighted by atomic mass is 35.5. The number of imidazole rings is 1. The standard InChI is InChI=1S/C14H18ClN3O3S/c1-9-6-11(9)12-5-4-10(21-12)7-18(3)22(19,20)14-13(15)17(2)8-16-14/h4-5,8-9,11H,6-7H2,1-3H3. The quantitative estimate of drug-likeness (QED) is 0.836. The normalized spacial score (nSPS) is 21.5. The van der Waals surface area contributed by atoms with Gasteiger partial charge in [0.15, 0.2) is 0 Å². The van der Waals surface area contributed by atoms with E-state index in [4.69, 9.17) is 16.0 Å². The van der Waals surface area contributed by atoms with Crippen LogP contribution in [0.5, 0.6) is 0 Å². The van der Waals surface area contributed by atoms with Crippen LogP contribution < -0.4 is 0 Å². The van der Waals surface area contributed by atoms with E-state index in [-0.39, 0.29) is 16.7 Å². The van der Waals surface area contributed by atoms with Gasteiger partial charge in [-0.05, 0) is 24.5 Å². The zero-order valence-corrected chi connectivity index (χ0v) is 14.2. The van der Waals surface area contributed by atoms with E-state index in [1.165, 1.54) is 22.2 Å². The fourth-order valence-corrected chi connectivity index (χ4v) is 3.93. The summed E-state index contributed by atoms with van der Waals surface area (Å²) in [5, 5.41) is -0.0412. The van der Waals surface area contributed by atoms with Crippen LogP contribution in [0.3, 0.4) is 0 Å². The summed E-state index contributed by atoms with van der Waals surface area (Å²) in [5.41, 5.74) is 0. The molecule has 120 valence electrons. The third kappa shape index (κ3) is 2.68. The topological polar surface area (TPSA) is 68.3 Å². The van der Waals surface area contributed by atoms with Crippen LogP contribution in [0.25, 0.3) is 0 Å². The van der Waals surface area contributed by atoms with Crippen molar-refractivity contribution >= 4 is 21.6 Å². The second-order valence-electron chi connectivity index (χ2n) is 5.84. The van der Waals surface area contributed by atoms with Gasteiger partial charge in [-0.3, -0.25) is 0 Å². The molecule has 2 atom stereocenters. The summed E-state index contributed by atoms with van der Waals surface area (Å²) >= 11 is 5.98. The Bertz CT molecular complexity index is 796. The maximum Gasteiger partial charge on any atom is 0.263 e. The summed E-state index contributed by atoms with van der Waals surface area (Å²) in [4.78, 5) is 3.87. The molecule has 0 spiro atoms. The van der Waals surface area contributed by atoms with Crippen LogP contribution in [0.2, 0.25) is 5.15 Å². The van der Waals surface area contributed by atoms with Crippen molar-refractivity contribution in [3.8, 4) is 0 Å². The number of hydrogen-bond acceptors (Lipinski definition) is 4. The van der Waals surface area contributed by atoms with Crippen LogP contribution in [-0.2, 0) is 23.6 Å². The van der Waals surface area contributed by atoms with Gasteiger partial charge in [-0.1, -0.05) is 18.5 Å². The van der Waals surface area contributed by atoms with E-state index in [0.29, 0.717) is 17.6 Å². The van der Waals surface area contributed by atoms with Crippen LogP contribution >= 0.6 is 11.6 Å². The van der Waals surface area contributed by atoms with Gasteiger partial charge in [0.2, 0.25) is 5.03 Å². The fourth-order valence-electron chi connectivity index (χ4n) is 2.42. The predicted molar refractivity (Wildman–Crippen MR) is 82.1 cm³/mol. The fraction of sp³-hybridized carbons (Fsp3) is 0.500. The molecule has 0 amide bonds. The molecule has 0 radical (unpaired) electrons. The second kappa shape index (κ2) is 5.40. The Labute approximate surface area is 134 Å². The Morgan fingerprint density at radius 1 is 1.50 bits per heavy atom. The molecular formula is C14H18ClN3O3S. The number of aryl methyl sites for hydroxylation is 1. The van der Waals surface area contributed by atoms with Gasteiger partial charge in [-0.2, -0.15) is 4.31 Å². The number of aromatic nitrogens is 2. The van der Waals surface area contributed by atoms with Crippen LogP contribution in [-0.4, -0.2) is 29.3 Å². The summed E-state index contributed by atoms with van der Waals surface area (Å²) < 4.78 is 33.4. The highest BCUT2D eigenvalue weighted by molar-refractivity contribution is 7.89. The molecule has 8 heteroatoms. The van der Waals surface area contributed by atoms with E-state index in [2.05, 4.69) is 11.9 Å². The highest BCUT2D eigenvalue weighted by Crippen LogP contribution is 2.47. The summed E-state index contributed by atoms with van der Waals surface area (Å²) in [5.74, 6) is 2.67. The van der Waals surface area contributed by atoms with Gasteiger partial charge in [-0.15, -0.1) is 0 Å². The zero-order chi connectivity index (χ0) is 16.1. The van der Waals surface area contributed by atoms with E-state index >= 15 is 0 Å². The number of furan rings is 1. The first-order valence-electron chi connectivity index (χ1n) is 7.02. The van der Waals surface area contributed by atoms with E-state index in [0.717, 1.165) is 12.2 Å². The molecule has 3 rings (SSSR count). The van der Waals surface area contributed by atoms with Gasteiger partial charge in [0.25, 0.3) is 10.0 Å². The molecule has 0 saturated heterocycles. The Morgan fingerprint density at radius 2 is 2.18 bits per heavy atom. The average Bonchev–Trinajstić information content (AvgIpc) is 2.84. The van der Waals surface area contributed by atoms with Gasteiger partial charge in [0, 0.05) is 20.0 Å². The lowest BCUT2D eigenvalue weighted by Gasteiger charge is -2.14. The van der Waals surface area contributed by atoms with Gasteiger partial charge < -0.3 is 8.98 Å². The molecule has 6 nitrogen and oxygen atoms in total. The minimum absolute atomic E-state index is 0.0961. The second-order valence-corrected chi connectivity index (χ2v) is 8.15. The molecule has 2 aromatic rings. The number of halogens is 1. The highest BCUT2D eigenvalue weighted by Gasteiger charge is 2.37. The molecule has 1 aliphatic carbocycles. The molecule has 0 aliphatic heterocycles. The lowest BCUT2D eigenvalue weighted by Crippen LogP contribution is -2.27. The third-order valence-electron chi connectivity index (χ3n) is 4.02. The largest absolute Gasteiger partial charge is 0.464 e. The van der Waals surface area contributed by atoms with Crippen LogP contribution in [0.4, 0.5) is 0 Å². The zero-order valence-electron chi connectivity index (χ0n) is 12.7. The number of sulfonamides is 1. The van der Waals surface area contributed by atoms with Crippen molar-refractivity contribution in [1.29, 1.82) is 0 Å². The summed E-state index contributed by atoms with van der Waals surface area (Å²) in [6, 6.07) is 3.75. The molecule has 2 unspecified atom stereocenters. The van der Waals surface area contributed by atoms with Crippen LogP contribution in [0.15, 0.2) is 27.9 Å². The Kier molecular flexibility index (Phi) is 3.82. The first-order chi connectivity index (χ1) is 10.3. The molecule has 2 heterocycles. The Hall–Kier alpha value is -1.31. The number of hydrogen-bond donors (Lipinski definition) is 0. The van der Waals surface area contributed by atoms with Gasteiger partial charge in [0.1, 0.15) is 16.7 Å². The molecule has 2 aromatic heterocycles. The smallest absolute Gasteiger partial charge is 0.263 e. The molecule has 0 aromatic carbocycles. The van der Waals surface area contributed by atoms with E-state index in [1.807, 2.05) is 12.1 Å². The maximum atomic E-state index is 12.5. The Balaban J connectivity index is 1.77. The first-order valence-corrected chi connectivity index (χ1v) is 8.84. The van der Waals surface area contributed by atoms with Crippen molar-refractivity contribution in [3.63, 3.8) is 0 Å². The lowest BCUT2D eigenvalue weighted by molar-refractivity contribution is 0.389. The van der Waals surface area contributed by atoms with E-state index in [9.17, 15) is 8.42 Å².